The molecule has 0 radical (unpaired) electrons. The highest BCUT2D eigenvalue weighted by Gasteiger charge is 2.16. The Kier molecular flexibility index (Phi) is 5.96. The molecule has 2 aromatic heterocycles. The lowest BCUT2D eigenvalue weighted by molar-refractivity contribution is -0.111. The van der Waals surface area contributed by atoms with Gasteiger partial charge in [-0.15, -0.1) is 11.3 Å². The van der Waals surface area contributed by atoms with Crippen LogP contribution in [0.25, 0.3) is 6.08 Å². The lowest BCUT2D eigenvalue weighted by atomic mass is 10.1. The van der Waals surface area contributed by atoms with Crippen LogP contribution in [0.2, 0.25) is 0 Å². The number of rotatable bonds is 7. The van der Waals surface area contributed by atoms with Gasteiger partial charge in [-0.2, -0.15) is 0 Å². The number of nitrogens with one attached hydrogen (secondary N) is 1. The maximum Gasteiger partial charge on any atom is 0.340 e. The number of amides is 1. The van der Waals surface area contributed by atoms with Crippen molar-refractivity contribution in [3.8, 4) is 0 Å². The van der Waals surface area contributed by atoms with E-state index in [0.717, 1.165) is 0 Å². The minimum absolute atomic E-state index is 0.163. The summed E-state index contributed by atoms with van der Waals surface area (Å²) < 4.78 is 10.2. The van der Waals surface area contributed by atoms with Gasteiger partial charge in [0.25, 0.3) is 0 Å². The Labute approximate surface area is 159 Å². The van der Waals surface area contributed by atoms with Crippen molar-refractivity contribution >= 4 is 40.8 Å². The number of thiophene rings is 1. The Bertz CT molecular complexity index is 958. The number of benzene rings is 1. The Morgan fingerprint density at radius 1 is 1.07 bits per heavy atom. The van der Waals surface area contributed by atoms with Crippen LogP contribution in [0.4, 0.5) is 5.69 Å². The Morgan fingerprint density at radius 3 is 2.67 bits per heavy atom. The van der Waals surface area contributed by atoms with Crippen molar-refractivity contribution in [3.63, 3.8) is 0 Å². The number of carbonyl (C=O) groups is 3. The molecule has 3 aromatic rings. The number of hydrogen-bond acceptors (Lipinski definition) is 6. The molecule has 0 atom stereocenters. The van der Waals surface area contributed by atoms with Crippen molar-refractivity contribution in [3.05, 3.63) is 82.5 Å². The molecule has 0 spiro atoms. The highest BCUT2D eigenvalue weighted by Crippen LogP contribution is 2.17. The Morgan fingerprint density at radius 2 is 1.93 bits per heavy atom. The van der Waals surface area contributed by atoms with Gasteiger partial charge >= 0.3 is 5.97 Å². The highest BCUT2D eigenvalue weighted by atomic mass is 32.1. The molecule has 0 aliphatic heterocycles. The zero-order chi connectivity index (χ0) is 19.1. The number of esters is 1. The fourth-order valence-electron chi connectivity index (χ4n) is 2.21. The molecule has 136 valence electrons. The van der Waals surface area contributed by atoms with Crippen molar-refractivity contribution in [1.29, 1.82) is 0 Å². The van der Waals surface area contributed by atoms with E-state index in [0.29, 0.717) is 16.3 Å². The van der Waals surface area contributed by atoms with Crippen LogP contribution in [0, 0.1) is 0 Å². The van der Waals surface area contributed by atoms with Crippen LogP contribution < -0.4 is 5.32 Å². The highest BCUT2D eigenvalue weighted by molar-refractivity contribution is 7.12. The number of hydrogen-bond donors (Lipinski definition) is 1. The fraction of sp³-hybridized carbons (Fsp3) is 0.0500. The van der Waals surface area contributed by atoms with Crippen molar-refractivity contribution in [2.75, 3.05) is 11.9 Å². The average molecular weight is 381 g/mol. The maximum absolute atomic E-state index is 12.3. The van der Waals surface area contributed by atoms with Gasteiger partial charge in [-0.3, -0.25) is 9.59 Å². The van der Waals surface area contributed by atoms with Crippen molar-refractivity contribution < 1.29 is 23.5 Å². The van der Waals surface area contributed by atoms with Gasteiger partial charge in [0, 0.05) is 6.08 Å². The van der Waals surface area contributed by atoms with E-state index in [1.807, 2.05) is 0 Å². The first kappa shape index (κ1) is 18.3. The molecular weight excluding hydrogens is 366 g/mol. The van der Waals surface area contributed by atoms with Crippen LogP contribution in [-0.2, 0) is 9.53 Å². The first-order valence-corrected chi connectivity index (χ1v) is 8.87. The molecule has 27 heavy (non-hydrogen) atoms. The van der Waals surface area contributed by atoms with Gasteiger partial charge < -0.3 is 14.5 Å². The summed E-state index contributed by atoms with van der Waals surface area (Å²) >= 11 is 1.28. The monoisotopic (exact) mass is 381 g/mol. The first-order valence-electron chi connectivity index (χ1n) is 7.99. The van der Waals surface area contributed by atoms with Crippen LogP contribution in [0.1, 0.15) is 25.8 Å². The second-order valence-corrected chi connectivity index (χ2v) is 6.31. The van der Waals surface area contributed by atoms with E-state index < -0.39 is 11.9 Å². The molecule has 0 unspecified atom stereocenters. The largest absolute Gasteiger partial charge is 0.465 e. The summed E-state index contributed by atoms with van der Waals surface area (Å²) in [6.07, 6.45) is 4.30. The second-order valence-electron chi connectivity index (χ2n) is 5.36. The molecule has 0 fully saturated rings. The molecule has 0 aliphatic carbocycles. The average Bonchev–Trinajstić information content (AvgIpc) is 3.38. The summed E-state index contributed by atoms with van der Waals surface area (Å²) in [7, 11) is 0. The van der Waals surface area contributed by atoms with E-state index in [4.69, 9.17) is 9.15 Å². The molecule has 0 bridgehead atoms. The van der Waals surface area contributed by atoms with Crippen LogP contribution in [0.3, 0.4) is 0 Å². The van der Waals surface area contributed by atoms with Crippen molar-refractivity contribution in [2.24, 2.45) is 0 Å². The SMILES string of the molecule is O=C(C=Cc1ccco1)Nc1ccccc1C(=O)OCC(=O)c1cccs1. The number of ether oxygens (including phenoxy) is 1. The topological polar surface area (TPSA) is 85.6 Å². The van der Waals surface area contributed by atoms with Gasteiger partial charge in [-0.25, -0.2) is 4.79 Å². The molecule has 3 rings (SSSR count). The molecule has 1 N–H and O–H groups in total. The van der Waals surface area contributed by atoms with Crippen molar-refractivity contribution in [1.82, 2.24) is 0 Å². The van der Waals surface area contributed by atoms with Gasteiger partial charge in [0.2, 0.25) is 11.7 Å². The normalized spacial score (nSPS) is 10.7. The van der Waals surface area contributed by atoms with E-state index in [-0.39, 0.29) is 18.0 Å². The second kappa shape index (κ2) is 8.77. The third kappa shape index (κ3) is 5.02. The third-order valence-corrected chi connectivity index (χ3v) is 4.39. The molecule has 1 aromatic carbocycles. The minimum Gasteiger partial charge on any atom is -0.465 e. The van der Waals surface area contributed by atoms with Gasteiger partial charge in [0.15, 0.2) is 6.61 Å². The number of carbonyl (C=O) groups excluding carboxylic acids is 3. The molecule has 0 saturated carbocycles. The van der Waals surface area contributed by atoms with E-state index in [1.54, 1.807) is 47.8 Å². The van der Waals surface area contributed by atoms with E-state index in [1.165, 1.54) is 35.8 Å². The first-order chi connectivity index (χ1) is 13.1. The Balaban J connectivity index is 1.63. The predicted molar refractivity (Wildman–Crippen MR) is 102 cm³/mol. The molecule has 6 nitrogen and oxygen atoms in total. The number of furan rings is 1. The number of Topliss-reactive ketones (excluding diaryl/α,β-unsaturated/α-hetero) is 1. The standard InChI is InChI=1S/C20H15NO5S/c22-17(18-8-4-12-27-18)13-26-20(24)15-6-1-2-7-16(15)21-19(23)10-9-14-5-3-11-25-14/h1-12H,13H2,(H,21,23). The quantitative estimate of drug-likeness (QED) is 0.379. The maximum atomic E-state index is 12.3. The summed E-state index contributed by atoms with van der Waals surface area (Å²) in [6, 6.07) is 13.3. The van der Waals surface area contributed by atoms with Crippen LogP contribution >= 0.6 is 11.3 Å². The van der Waals surface area contributed by atoms with E-state index in [9.17, 15) is 14.4 Å². The van der Waals surface area contributed by atoms with Gasteiger partial charge in [-0.05, 0) is 41.8 Å². The summed E-state index contributed by atoms with van der Waals surface area (Å²) in [6.45, 7) is -0.361. The van der Waals surface area contributed by atoms with Crippen LogP contribution in [0.5, 0.6) is 0 Å². The summed E-state index contributed by atoms with van der Waals surface area (Å²) in [5.41, 5.74) is 0.455. The molecule has 1 amide bonds. The van der Waals surface area contributed by atoms with E-state index >= 15 is 0 Å². The molecule has 2 heterocycles. The predicted octanol–water partition coefficient (Wildman–Crippen LogP) is 4.03. The smallest absolute Gasteiger partial charge is 0.340 e. The van der Waals surface area contributed by atoms with Gasteiger partial charge in [0.05, 0.1) is 22.4 Å². The van der Waals surface area contributed by atoms with Crippen LogP contribution in [0.15, 0.2) is 70.7 Å². The molecule has 7 heteroatoms. The molecule has 0 aliphatic rings. The molecular formula is C20H15NO5S. The lowest BCUT2D eigenvalue weighted by Gasteiger charge is -2.09. The number of anilines is 1. The zero-order valence-electron chi connectivity index (χ0n) is 14.1. The Hall–Kier alpha value is -3.45. The summed E-state index contributed by atoms with van der Waals surface area (Å²) in [5, 5.41) is 4.39. The van der Waals surface area contributed by atoms with E-state index in [2.05, 4.69) is 5.32 Å². The van der Waals surface area contributed by atoms with Gasteiger partial charge in [0.1, 0.15) is 5.76 Å². The van der Waals surface area contributed by atoms with Gasteiger partial charge in [-0.1, -0.05) is 18.2 Å². The minimum atomic E-state index is -0.689. The molecule has 0 saturated heterocycles. The zero-order valence-corrected chi connectivity index (χ0v) is 14.9. The third-order valence-electron chi connectivity index (χ3n) is 3.48. The van der Waals surface area contributed by atoms with Crippen LogP contribution in [-0.4, -0.2) is 24.3 Å². The van der Waals surface area contributed by atoms with Crippen molar-refractivity contribution in [2.45, 2.75) is 0 Å². The number of ketones is 1. The summed E-state index contributed by atoms with van der Waals surface area (Å²) in [4.78, 5) is 36.8. The summed E-state index contributed by atoms with van der Waals surface area (Å²) in [5.74, 6) is -0.863. The lowest BCUT2D eigenvalue weighted by Crippen LogP contribution is -2.16. The number of para-hydroxylation sites is 1. The fourth-order valence-corrected chi connectivity index (χ4v) is 2.86.